The Balaban J connectivity index is 3.04. The van der Waals surface area contributed by atoms with Gasteiger partial charge in [-0.1, -0.05) is 11.6 Å². The summed E-state index contributed by atoms with van der Waals surface area (Å²) in [6, 6.07) is 3.78. The Morgan fingerprint density at radius 1 is 1.53 bits per heavy atom. The Morgan fingerprint density at radius 2 is 2.20 bits per heavy atom. The molecular weight excluding hydrogens is 214 g/mol. The molecule has 0 saturated carbocycles. The van der Waals surface area contributed by atoms with Crippen LogP contribution in [0, 0.1) is 6.92 Å². The average molecular weight is 230 g/mol. The Labute approximate surface area is 94.9 Å². The van der Waals surface area contributed by atoms with Crippen molar-refractivity contribution in [2.75, 3.05) is 25.7 Å². The number of nitrogens with one attached hydrogen (secondary N) is 1. The molecule has 1 aromatic rings. The van der Waals surface area contributed by atoms with E-state index in [0.29, 0.717) is 17.4 Å². The second-order valence-corrected chi connectivity index (χ2v) is 3.74. The van der Waals surface area contributed by atoms with Gasteiger partial charge in [0.15, 0.2) is 0 Å². The summed E-state index contributed by atoms with van der Waals surface area (Å²) in [7, 11) is 3.54. The number of methoxy groups -OCH3 is 1. The Kier molecular flexibility index (Phi) is 4.20. The Morgan fingerprint density at radius 3 is 2.73 bits per heavy atom. The first-order valence-corrected chi connectivity index (χ1v) is 4.96. The van der Waals surface area contributed by atoms with Crippen LogP contribution in [-0.4, -0.2) is 20.8 Å². The maximum absolute atomic E-state index is 6.04. The van der Waals surface area contributed by atoms with E-state index in [2.05, 4.69) is 5.43 Å². The van der Waals surface area contributed by atoms with Crippen LogP contribution in [0.4, 0.5) is 5.69 Å². The normalized spacial score (nSPS) is 10.2. The zero-order valence-electron chi connectivity index (χ0n) is 9.17. The number of ether oxygens (including phenoxy) is 1. The fourth-order valence-corrected chi connectivity index (χ4v) is 1.67. The van der Waals surface area contributed by atoms with Gasteiger partial charge in [-0.05, 0) is 24.6 Å². The van der Waals surface area contributed by atoms with Crippen molar-refractivity contribution in [1.29, 1.82) is 0 Å². The molecule has 0 fully saturated rings. The molecule has 0 spiro atoms. The zero-order valence-corrected chi connectivity index (χ0v) is 9.93. The molecular formula is C10H16ClN3O. The lowest BCUT2D eigenvalue weighted by Gasteiger charge is -2.21. The van der Waals surface area contributed by atoms with Crippen LogP contribution in [0.1, 0.15) is 5.56 Å². The molecule has 0 atom stereocenters. The topological polar surface area (TPSA) is 50.5 Å². The minimum atomic E-state index is 0.559. The number of hydrogen-bond acceptors (Lipinski definition) is 4. The third-order valence-corrected chi connectivity index (χ3v) is 2.51. The van der Waals surface area contributed by atoms with Gasteiger partial charge in [-0.15, -0.1) is 0 Å². The van der Waals surface area contributed by atoms with Crippen molar-refractivity contribution in [3.8, 4) is 5.75 Å². The van der Waals surface area contributed by atoms with Crippen LogP contribution >= 0.6 is 11.6 Å². The summed E-state index contributed by atoms with van der Waals surface area (Å²) in [5.41, 5.74) is 4.71. The summed E-state index contributed by atoms with van der Waals surface area (Å²) in [6.07, 6.45) is 0. The lowest BCUT2D eigenvalue weighted by molar-refractivity contribution is 0.414. The second kappa shape index (κ2) is 5.21. The van der Waals surface area contributed by atoms with E-state index in [1.165, 1.54) is 0 Å². The van der Waals surface area contributed by atoms with E-state index in [1.807, 2.05) is 31.0 Å². The Bertz CT molecular complexity index is 344. The van der Waals surface area contributed by atoms with Crippen molar-refractivity contribution in [3.05, 3.63) is 22.7 Å². The number of rotatable bonds is 4. The smallest absolute Gasteiger partial charge is 0.137 e. The van der Waals surface area contributed by atoms with Crippen molar-refractivity contribution in [2.45, 2.75) is 6.92 Å². The van der Waals surface area contributed by atoms with E-state index >= 15 is 0 Å². The number of nitrogens with two attached hydrogens (primary N) is 1. The third-order valence-electron chi connectivity index (χ3n) is 2.21. The van der Waals surface area contributed by atoms with Crippen LogP contribution in [0.15, 0.2) is 12.1 Å². The minimum Gasteiger partial charge on any atom is -0.495 e. The quantitative estimate of drug-likeness (QED) is 0.467. The van der Waals surface area contributed by atoms with Gasteiger partial charge in [-0.3, -0.25) is 5.84 Å². The van der Waals surface area contributed by atoms with E-state index in [0.717, 1.165) is 11.3 Å². The van der Waals surface area contributed by atoms with Crippen molar-refractivity contribution in [2.24, 2.45) is 5.84 Å². The maximum atomic E-state index is 6.04. The number of benzene rings is 1. The van der Waals surface area contributed by atoms with Crippen LogP contribution < -0.4 is 20.9 Å². The molecule has 5 heteroatoms. The minimum absolute atomic E-state index is 0.559. The summed E-state index contributed by atoms with van der Waals surface area (Å²) in [4.78, 5) is 1.97. The monoisotopic (exact) mass is 229 g/mol. The molecule has 84 valence electrons. The van der Waals surface area contributed by atoms with Crippen molar-refractivity contribution >= 4 is 17.3 Å². The molecule has 15 heavy (non-hydrogen) atoms. The number of hydrazine groups is 1. The molecule has 0 radical (unpaired) electrons. The lowest BCUT2D eigenvalue weighted by atomic mass is 10.2. The van der Waals surface area contributed by atoms with Gasteiger partial charge >= 0.3 is 0 Å². The van der Waals surface area contributed by atoms with E-state index in [-0.39, 0.29) is 0 Å². The van der Waals surface area contributed by atoms with Crippen molar-refractivity contribution in [1.82, 2.24) is 5.43 Å². The number of halogens is 1. The number of nitrogens with zero attached hydrogens (tertiary/aromatic N) is 1. The molecule has 0 heterocycles. The van der Waals surface area contributed by atoms with Crippen LogP contribution in [0.5, 0.6) is 5.75 Å². The van der Waals surface area contributed by atoms with E-state index in [1.54, 1.807) is 7.11 Å². The van der Waals surface area contributed by atoms with Crippen LogP contribution in [0.25, 0.3) is 0 Å². The van der Waals surface area contributed by atoms with Gasteiger partial charge in [-0.2, -0.15) is 0 Å². The first-order valence-electron chi connectivity index (χ1n) is 4.59. The second-order valence-electron chi connectivity index (χ2n) is 3.33. The molecule has 1 aromatic carbocycles. The summed E-state index contributed by atoms with van der Waals surface area (Å²) in [5, 5.41) is 0.599. The predicted octanol–water partition coefficient (Wildman–Crippen LogP) is 1.51. The zero-order chi connectivity index (χ0) is 11.4. The standard InChI is InChI=1S/C10H16ClN3O/c1-7-4-10(15-3)8(11)5-9(7)14(2)6-13-12/h4-5,13H,6,12H2,1-3H3. The highest BCUT2D eigenvalue weighted by Gasteiger charge is 2.09. The first-order chi connectivity index (χ1) is 7.10. The summed E-state index contributed by atoms with van der Waals surface area (Å²) < 4.78 is 5.13. The van der Waals surface area contributed by atoms with Gasteiger partial charge in [0.25, 0.3) is 0 Å². The lowest BCUT2D eigenvalue weighted by Crippen LogP contribution is -2.35. The maximum Gasteiger partial charge on any atom is 0.137 e. The van der Waals surface area contributed by atoms with E-state index < -0.39 is 0 Å². The highest BCUT2D eigenvalue weighted by atomic mass is 35.5. The van der Waals surface area contributed by atoms with Gasteiger partial charge in [0, 0.05) is 12.7 Å². The SMILES string of the molecule is COc1cc(C)c(N(C)CNN)cc1Cl. The highest BCUT2D eigenvalue weighted by molar-refractivity contribution is 6.32. The molecule has 0 aliphatic rings. The molecule has 0 amide bonds. The Hall–Kier alpha value is -0.970. The van der Waals surface area contributed by atoms with Crippen molar-refractivity contribution in [3.63, 3.8) is 0 Å². The highest BCUT2D eigenvalue weighted by Crippen LogP contribution is 2.31. The molecule has 0 bridgehead atoms. The number of hydrogen-bond donors (Lipinski definition) is 2. The fraction of sp³-hybridized carbons (Fsp3) is 0.400. The largest absolute Gasteiger partial charge is 0.495 e. The molecule has 0 aliphatic carbocycles. The van der Waals surface area contributed by atoms with E-state index in [4.69, 9.17) is 22.2 Å². The fourth-order valence-electron chi connectivity index (χ4n) is 1.43. The number of anilines is 1. The van der Waals surface area contributed by atoms with Crippen LogP contribution in [0.2, 0.25) is 5.02 Å². The van der Waals surface area contributed by atoms with Gasteiger partial charge in [0.2, 0.25) is 0 Å². The van der Waals surface area contributed by atoms with Crippen molar-refractivity contribution < 1.29 is 4.74 Å². The molecule has 4 nitrogen and oxygen atoms in total. The predicted molar refractivity (Wildman–Crippen MR) is 63.3 cm³/mol. The van der Waals surface area contributed by atoms with Crippen LogP contribution in [0.3, 0.4) is 0 Å². The molecule has 0 aromatic heterocycles. The molecule has 1 rings (SSSR count). The molecule has 0 saturated heterocycles. The molecule has 0 unspecified atom stereocenters. The van der Waals surface area contributed by atoms with E-state index in [9.17, 15) is 0 Å². The molecule has 0 aliphatic heterocycles. The summed E-state index contributed by atoms with van der Waals surface area (Å²) >= 11 is 6.04. The first kappa shape index (κ1) is 12.1. The third kappa shape index (κ3) is 2.75. The molecule has 3 N–H and O–H groups in total. The summed E-state index contributed by atoms with van der Waals surface area (Å²) in [5.74, 6) is 5.95. The van der Waals surface area contributed by atoms with Gasteiger partial charge < -0.3 is 9.64 Å². The van der Waals surface area contributed by atoms with Gasteiger partial charge in [0.05, 0.1) is 18.8 Å². The van der Waals surface area contributed by atoms with Gasteiger partial charge in [0.1, 0.15) is 5.75 Å². The van der Waals surface area contributed by atoms with Crippen LogP contribution in [-0.2, 0) is 0 Å². The van der Waals surface area contributed by atoms with Gasteiger partial charge in [-0.25, -0.2) is 5.43 Å². The summed E-state index contributed by atoms with van der Waals surface area (Å²) in [6.45, 7) is 2.56. The number of aryl methyl sites for hydroxylation is 1. The average Bonchev–Trinajstić information content (AvgIpc) is 2.21.